The van der Waals surface area contributed by atoms with E-state index in [1.165, 1.54) is 24.5 Å². The molecule has 3 N–H and O–H groups in total. The SMILES string of the molecule is Nc1cnc(Nc2ccc(Cl)c(F)c2)cn1. The molecule has 0 fully saturated rings. The number of hydrogen-bond donors (Lipinski definition) is 2. The van der Waals surface area contributed by atoms with Crippen LogP contribution in [0.1, 0.15) is 0 Å². The maximum Gasteiger partial charge on any atom is 0.149 e. The monoisotopic (exact) mass is 238 g/mol. The van der Waals surface area contributed by atoms with Gasteiger partial charge in [0.2, 0.25) is 0 Å². The molecule has 0 aliphatic carbocycles. The van der Waals surface area contributed by atoms with E-state index in [9.17, 15) is 4.39 Å². The Hall–Kier alpha value is -1.88. The first kappa shape index (κ1) is 10.6. The topological polar surface area (TPSA) is 63.8 Å². The Kier molecular flexibility index (Phi) is 2.87. The van der Waals surface area contributed by atoms with Crippen LogP contribution in [0.3, 0.4) is 0 Å². The second kappa shape index (κ2) is 4.32. The maximum atomic E-state index is 13.1. The molecule has 0 saturated heterocycles. The minimum Gasteiger partial charge on any atom is -0.382 e. The molecule has 1 heterocycles. The summed E-state index contributed by atoms with van der Waals surface area (Å²) in [4.78, 5) is 7.82. The number of nitrogens with one attached hydrogen (secondary N) is 1. The number of halogens is 2. The number of nitrogen functional groups attached to an aromatic ring is 1. The summed E-state index contributed by atoms with van der Waals surface area (Å²) >= 11 is 5.56. The standard InChI is InChI=1S/C10H8ClFN4/c11-7-2-1-6(3-8(7)12)16-10-5-14-9(13)4-15-10/h1-5H,(H2,13,14)(H,15,16). The van der Waals surface area contributed by atoms with Gasteiger partial charge in [0, 0.05) is 5.69 Å². The number of nitrogens with two attached hydrogens (primary N) is 1. The zero-order valence-corrected chi connectivity index (χ0v) is 8.87. The van der Waals surface area contributed by atoms with Gasteiger partial charge in [-0.3, -0.25) is 0 Å². The molecule has 2 aromatic rings. The second-order valence-corrected chi connectivity index (χ2v) is 3.49. The Balaban J connectivity index is 2.20. The number of rotatable bonds is 2. The summed E-state index contributed by atoms with van der Waals surface area (Å²) in [6, 6.07) is 4.38. The number of anilines is 3. The number of hydrogen-bond acceptors (Lipinski definition) is 4. The predicted octanol–water partition coefficient (Wildman–Crippen LogP) is 2.59. The molecule has 0 unspecified atom stereocenters. The van der Waals surface area contributed by atoms with Gasteiger partial charge in [-0.15, -0.1) is 0 Å². The lowest BCUT2D eigenvalue weighted by molar-refractivity contribution is 0.629. The maximum absolute atomic E-state index is 13.1. The molecule has 0 atom stereocenters. The fourth-order valence-corrected chi connectivity index (χ4v) is 1.24. The first-order valence-electron chi connectivity index (χ1n) is 4.45. The van der Waals surface area contributed by atoms with Gasteiger partial charge in [-0.25, -0.2) is 14.4 Å². The lowest BCUT2D eigenvalue weighted by atomic mass is 10.3. The van der Waals surface area contributed by atoms with E-state index < -0.39 is 5.82 Å². The summed E-state index contributed by atoms with van der Waals surface area (Å²) in [6.45, 7) is 0. The van der Waals surface area contributed by atoms with E-state index >= 15 is 0 Å². The van der Waals surface area contributed by atoms with Gasteiger partial charge in [-0.1, -0.05) is 11.6 Å². The third-order valence-corrected chi connectivity index (χ3v) is 2.17. The molecule has 2 rings (SSSR count). The fraction of sp³-hybridized carbons (Fsp3) is 0. The van der Waals surface area contributed by atoms with Crippen molar-refractivity contribution in [1.82, 2.24) is 9.97 Å². The van der Waals surface area contributed by atoms with Crippen LogP contribution >= 0.6 is 11.6 Å². The molecule has 1 aromatic carbocycles. The minimum absolute atomic E-state index is 0.0777. The van der Waals surface area contributed by atoms with Crippen LogP contribution in [0.4, 0.5) is 21.7 Å². The average molecular weight is 239 g/mol. The van der Waals surface area contributed by atoms with E-state index in [1.807, 2.05) is 0 Å². The highest BCUT2D eigenvalue weighted by atomic mass is 35.5. The van der Waals surface area contributed by atoms with E-state index in [0.29, 0.717) is 17.3 Å². The third kappa shape index (κ3) is 2.38. The zero-order chi connectivity index (χ0) is 11.5. The molecule has 0 spiro atoms. The first-order valence-corrected chi connectivity index (χ1v) is 4.82. The van der Waals surface area contributed by atoms with Gasteiger partial charge < -0.3 is 11.1 Å². The van der Waals surface area contributed by atoms with E-state index in [2.05, 4.69) is 15.3 Å². The van der Waals surface area contributed by atoms with Crippen LogP contribution in [0, 0.1) is 5.82 Å². The summed E-state index contributed by atoms with van der Waals surface area (Å²) in [5.74, 6) is 0.318. The van der Waals surface area contributed by atoms with Crippen molar-refractivity contribution in [3.63, 3.8) is 0 Å². The first-order chi connectivity index (χ1) is 7.65. The van der Waals surface area contributed by atoms with E-state index in [1.54, 1.807) is 6.07 Å². The normalized spacial score (nSPS) is 10.1. The number of benzene rings is 1. The molecule has 0 aliphatic rings. The highest BCUT2D eigenvalue weighted by molar-refractivity contribution is 6.30. The lowest BCUT2D eigenvalue weighted by Gasteiger charge is -2.05. The van der Waals surface area contributed by atoms with Crippen LogP contribution in [-0.4, -0.2) is 9.97 Å². The Labute approximate surface area is 96.3 Å². The third-order valence-electron chi connectivity index (χ3n) is 1.86. The molecular formula is C10H8ClFN4. The van der Waals surface area contributed by atoms with Gasteiger partial charge >= 0.3 is 0 Å². The summed E-state index contributed by atoms with van der Waals surface area (Å²) in [7, 11) is 0. The summed E-state index contributed by atoms with van der Waals surface area (Å²) < 4.78 is 13.1. The lowest BCUT2D eigenvalue weighted by Crippen LogP contribution is -1.97. The van der Waals surface area contributed by atoms with Crippen LogP contribution in [0.15, 0.2) is 30.6 Å². The van der Waals surface area contributed by atoms with E-state index in [0.717, 1.165) is 0 Å². The molecule has 0 bridgehead atoms. The molecule has 4 nitrogen and oxygen atoms in total. The van der Waals surface area contributed by atoms with Crippen molar-refractivity contribution in [2.75, 3.05) is 11.1 Å². The Morgan fingerprint density at radius 1 is 1.25 bits per heavy atom. The second-order valence-electron chi connectivity index (χ2n) is 3.08. The van der Waals surface area contributed by atoms with E-state index in [4.69, 9.17) is 17.3 Å². The molecule has 82 valence electrons. The largest absolute Gasteiger partial charge is 0.382 e. The van der Waals surface area contributed by atoms with Crippen LogP contribution in [-0.2, 0) is 0 Å². The van der Waals surface area contributed by atoms with Gasteiger partial charge in [0.1, 0.15) is 17.5 Å². The average Bonchev–Trinajstić information content (AvgIpc) is 2.27. The van der Waals surface area contributed by atoms with E-state index in [-0.39, 0.29) is 5.02 Å². The predicted molar refractivity (Wildman–Crippen MR) is 61.1 cm³/mol. The van der Waals surface area contributed by atoms with Crippen molar-refractivity contribution in [2.24, 2.45) is 0 Å². The number of nitrogens with zero attached hydrogens (tertiary/aromatic N) is 2. The van der Waals surface area contributed by atoms with Crippen molar-refractivity contribution >= 4 is 28.9 Å². The van der Waals surface area contributed by atoms with Crippen molar-refractivity contribution in [3.05, 3.63) is 41.4 Å². The fourth-order valence-electron chi connectivity index (χ4n) is 1.12. The molecule has 0 aliphatic heterocycles. The zero-order valence-electron chi connectivity index (χ0n) is 8.11. The van der Waals surface area contributed by atoms with Crippen LogP contribution in [0.2, 0.25) is 5.02 Å². The van der Waals surface area contributed by atoms with Gasteiger partial charge in [0.25, 0.3) is 0 Å². The summed E-state index contributed by atoms with van der Waals surface area (Å²) in [5, 5.41) is 2.95. The molecule has 16 heavy (non-hydrogen) atoms. The molecule has 0 radical (unpaired) electrons. The summed E-state index contributed by atoms with van der Waals surface area (Å²) in [5.41, 5.74) is 5.93. The molecule has 6 heteroatoms. The quantitative estimate of drug-likeness (QED) is 0.844. The molecule has 0 amide bonds. The van der Waals surface area contributed by atoms with Gasteiger partial charge in [-0.05, 0) is 18.2 Å². The highest BCUT2D eigenvalue weighted by Crippen LogP contribution is 2.20. The van der Waals surface area contributed by atoms with Crippen molar-refractivity contribution in [3.8, 4) is 0 Å². The van der Waals surface area contributed by atoms with Gasteiger partial charge in [-0.2, -0.15) is 0 Å². The molecule has 0 saturated carbocycles. The van der Waals surface area contributed by atoms with Crippen LogP contribution in [0.5, 0.6) is 0 Å². The van der Waals surface area contributed by atoms with Gasteiger partial charge in [0.15, 0.2) is 0 Å². The Morgan fingerprint density at radius 3 is 2.69 bits per heavy atom. The molecule has 1 aromatic heterocycles. The Bertz CT molecular complexity index is 501. The Morgan fingerprint density at radius 2 is 2.06 bits per heavy atom. The van der Waals surface area contributed by atoms with Gasteiger partial charge in [0.05, 0.1) is 17.4 Å². The van der Waals surface area contributed by atoms with Crippen LogP contribution < -0.4 is 11.1 Å². The van der Waals surface area contributed by atoms with Crippen molar-refractivity contribution in [2.45, 2.75) is 0 Å². The van der Waals surface area contributed by atoms with Crippen molar-refractivity contribution in [1.29, 1.82) is 0 Å². The highest BCUT2D eigenvalue weighted by Gasteiger charge is 2.02. The van der Waals surface area contributed by atoms with Crippen LogP contribution in [0.25, 0.3) is 0 Å². The number of aromatic nitrogens is 2. The molecular weight excluding hydrogens is 231 g/mol. The minimum atomic E-state index is -0.491. The smallest absolute Gasteiger partial charge is 0.149 e. The van der Waals surface area contributed by atoms with Crippen molar-refractivity contribution < 1.29 is 4.39 Å². The summed E-state index contributed by atoms with van der Waals surface area (Å²) in [6.07, 6.45) is 2.87.